The third kappa shape index (κ3) is 4.44. The van der Waals surface area contributed by atoms with E-state index in [1.807, 2.05) is 19.2 Å². The number of sulfone groups is 1. The molecule has 0 N–H and O–H groups in total. The predicted octanol–water partition coefficient (Wildman–Crippen LogP) is 3.64. The van der Waals surface area contributed by atoms with E-state index in [9.17, 15) is 13.2 Å². The summed E-state index contributed by atoms with van der Waals surface area (Å²) in [7, 11) is -3.22. The maximum atomic E-state index is 12.3. The first-order chi connectivity index (χ1) is 12.2. The molecule has 0 amide bonds. The summed E-state index contributed by atoms with van der Waals surface area (Å²) in [5.41, 5.74) is 2.63. The third-order valence-corrected chi connectivity index (χ3v) is 6.86. The molecule has 0 aliphatic rings. The Morgan fingerprint density at radius 2 is 1.77 bits per heavy atom. The maximum Gasteiger partial charge on any atom is 0.175 e. The van der Waals surface area contributed by atoms with Crippen LogP contribution in [0.4, 0.5) is 0 Å². The number of benzene rings is 1. The first-order valence-electron chi connectivity index (χ1n) is 7.92. The summed E-state index contributed by atoms with van der Waals surface area (Å²) in [6.07, 6.45) is 1.70. The first-order valence-corrected chi connectivity index (χ1v) is 11.5. The number of rotatable bonds is 6. The summed E-state index contributed by atoms with van der Waals surface area (Å²) < 4.78 is 22.9. The molecule has 2 aromatic heterocycles. The summed E-state index contributed by atoms with van der Waals surface area (Å²) in [6.45, 7) is 3.93. The minimum atomic E-state index is -3.22. The number of carbonyl (C=O) groups excluding carboxylic acids is 1. The second-order valence-corrected chi connectivity index (χ2v) is 10.2. The molecule has 0 aliphatic heterocycles. The Kier molecular flexibility index (Phi) is 5.36. The fourth-order valence-corrected chi connectivity index (χ4v) is 4.98. The van der Waals surface area contributed by atoms with Crippen molar-refractivity contribution in [2.24, 2.45) is 0 Å². The van der Waals surface area contributed by atoms with Gasteiger partial charge in [0.2, 0.25) is 0 Å². The molecule has 0 saturated heterocycles. The van der Waals surface area contributed by atoms with E-state index in [-0.39, 0.29) is 23.5 Å². The number of aryl methyl sites for hydroxylation is 2. The van der Waals surface area contributed by atoms with Crippen LogP contribution in [-0.2, 0) is 27.5 Å². The minimum Gasteiger partial charge on any atom is -0.299 e. The number of aromatic nitrogens is 2. The lowest BCUT2D eigenvalue weighted by molar-refractivity contribution is -0.117. The molecule has 0 aliphatic carbocycles. The number of thiazole rings is 2. The highest BCUT2D eigenvalue weighted by atomic mass is 32.2. The van der Waals surface area contributed by atoms with Gasteiger partial charge in [0.05, 0.1) is 32.6 Å². The van der Waals surface area contributed by atoms with E-state index < -0.39 is 9.84 Å². The standard InChI is InChI=1S/C18H18N2O3S3/c1-11-18(25-12(2)19-11)16-10-24-17(20-16)9-14(21)8-13-4-6-15(7-5-13)26(3,22)23/h4-7,10H,8-9H2,1-3H3. The molecule has 0 saturated carbocycles. The van der Waals surface area contributed by atoms with Gasteiger partial charge in [-0.1, -0.05) is 12.1 Å². The van der Waals surface area contributed by atoms with Crippen molar-refractivity contribution < 1.29 is 13.2 Å². The van der Waals surface area contributed by atoms with Crippen molar-refractivity contribution in [2.75, 3.05) is 6.26 Å². The molecule has 5 nitrogen and oxygen atoms in total. The zero-order valence-electron chi connectivity index (χ0n) is 14.6. The summed E-state index contributed by atoms with van der Waals surface area (Å²) >= 11 is 3.08. The van der Waals surface area contributed by atoms with Gasteiger partial charge in [0, 0.05) is 18.1 Å². The Morgan fingerprint density at radius 3 is 2.35 bits per heavy atom. The second kappa shape index (κ2) is 7.38. The average molecular weight is 407 g/mol. The molecule has 2 heterocycles. The Hall–Kier alpha value is -1.90. The van der Waals surface area contributed by atoms with Crippen LogP contribution in [0, 0.1) is 13.8 Å². The van der Waals surface area contributed by atoms with Crippen LogP contribution in [0.2, 0.25) is 0 Å². The van der Waals surface area contributed by atoms with E-state index in [2.05, 4.69) is 9.97 Å². The highest BCUT2D eigenvalue weighted by Crippen LogP contribution is 2.30. The highest BCUT2D eigenvalue weighted by molar-refractivity contribution is 7.90. The number of nitrogens with zero attached hydrogens (tertiary/aromatic N) is 2. The molecular formula is C18H18N2O3S3. The molecule has 8 heteroatoms. The molecule has 136 valence electrons. The van der Waals surface area contributed by atoms with Crippen LogP contribution < -0.4 is 0 Å². The lowest BCUT2D eigenvalue weighted by atomic mass is 10.1. The zero-order valence-corrected chi connectivity index (χ0v) is 17.1. The van der Waals surface area contributed by atoms with Gasteiger partial charge in [-0.15, -0.1) is 22.7 Å². The van der Waals surface area contributed by atoms with Gasteiger partial charge in [-0.25, -0.2) is 18.4 Å². The van der Waals surface area contributed by atoms with Crippen LogP contribution in [0.5, 0.6) is 0 Å². The van der Waals surface area contributed by atoms with E-state index in [0.717, 1.165) is 31.8 Å². The van der Waals surface area contributed by atoms with Crippen molar-refractivity contribution in [3.05, 3.63) is 50.9 Å². The third-order valence-electron chi connectivity index (χ3n) is 3.79. The van der Waals surface area contributed by atoms with Gasteiger partial charge in [0.25, 0.3) is 0 Å². The molecule has 0 radical (unpaired) electrons. The maximum absolute atomic E-state index is 12.3. The van der Waals surface area contributed by atoms with E-state index >= 15 is 0 Å². The zero-order chi connectivity index (χ0) is 18.9. The lowest BCUT2D eigenvalue weighted by Crippen LogP contribution is -2.06. The Labute approximate surface area is 160 Å². The Bertz CT molecular complexity index is 1050. The molecule has 0 atom stereocenters. The van der Waals surface area contributed by atoms with E-state index in [0.29, 0.717) is 0 Å². The van der Waals surface area contributed by atoms with Crippen LogP contribution in [0.25, 0.3) is 10.6 Å². The lowest BCUT2D eigenvalue weighted by Gasteiger charge is -2.02. The highest BCUT2D eigenvalue weighted by Gasteiger charge is 2.14. The summed E-state index contributed by atoms with van der Waals surface area (Å²) in [5.74, 6) is 0.0511. The van der Waals surface area contributed by atoms with Crippen LogP contribution in [0.3, 0.4) is 0 Å². The van der Waals surface area contributed by atoms with E-state index in [1.54, 1.807) is 23.5 Å². The van der Waals surface area contributed by atoms with Crippen molar-refractivity contribution in [3.8, 4) is 10.6 Å². The number of Topliss-reactive ketones (excluding diaryl/α,β-unsaturated/α-hetero) is 1. The summed E-state index contributed by atoms with van der Waals surface area (Å²) in [6, 6.07) is 6.44. The van der Waals surface area contributed by atoms with Gasteiger partial charge in [0.15, 0.2) is 9.84 Å². The molecule has 0 spiro atoms. The quantitative estimate of drug-likeness (QED) is 0.625. The number of carbonyl (C=O) groups is 1. The molecule has 0 unspecified atom stereocenters. The monoisotopic (exact) mass is 406 g/mol. The number of ketones is 1. The second-order valence-electron chi connectivity index (χ2n) is 6.08. The fourth-order valence-electron chi connectivity index (χ4n) is 2.58. The van der Waals surface area contributed by atoms with Gasteiger partial charge in [0.1, 0.15) is 10.8 Å². The molecule has 1 aromatic carbocycles. The smallest absolute Gasteiger partial charge is 0.175 e. The van der Waals surface area contributed by atoms with E-state index in [4.69, 9.17) is 0 Å². The predicted molar refractivity (Wildman–Crippen MR) is 105 cm³/mol. The van der Waals surface area contributed by atoms with Crippen molar-refractivity contribution in [3.63, 3.8) is 0 Å². The molecule has 0 fully saturated rings. The van der Waals surface area contributed by atoms with Gasteiger partial charge < -0.3 is 0 Å². The molecule has 26 heavy (non-hydrogen) atoms. The summed E-state index contributed by atoms with van der Waals surface area (Å²) in [5, 5.41) is 3.74. The van der Waals surface area contributed by atoms with Crippen LogP contribution in [0.15, 0.2) is 34.5 Å². The minimum absolute atomic E-state index is 0.0511. The first kappa shape index (κ1) is 18.9. The molecular weight excluding hydrogens is 388 g/mol. The van der Waals surface area contributed by atoms with Crippen molar-refractivity contribution in [2.45, 2.75) is 31.6 Å². The molecule has 3 rings (SSSR count). The average Bonchev–Trinajstić information content (AvgIpc) is 3.12. The van der Waals surface area contributed by atoms with Gasteiger partial charge >= 0.3 is 0 Å². The molecule has 0 bridgehead atoms. The van der Waals surface area contributed by atoms with Crippen molar-refractivity contribution >= 4 is 38.3 Å². The Morgan fingerprint density at radius 1 is 1.08 bits per heavy atom. The van der Waals surface area contributed by atoms with Gasteiger partial charge in [-0.2, -0.15) is 0 Å². The van der Waals surface area contributed by atoms with Crippen molar-refractivity contribution in [1.29, 1.82) is 0 Å². The topological polar surface area (TPSA) is 77.0 Å². The fraction of sp³-hybridized carbons (Fsp3) is 0.278. The molecule has 3 aromatic rings. The van der Waals surface area contributed by atoms with Gasteiger partial charge in [-0.3, -0.25) is 4.79 Å². The number of hydrogen-bond donors (Lipinski definition) is 0. The summed E-state index contributed by atoms with van der Waals surface area (Å²) in [4.78, 5) is 22.6. The normalized spacial score (nSPS) is 11.7. The number of hydrogen-bond acceptors (Lipinski definition) is 7. The van der Waals surface area contributed by atoms with E-state index in [1.165, 1.54) is 29.7 Å². The van der Waals surface area contributed by atoms with Gasteiger partial charge in [-0.05, 0) is 31.5 Å². The SMILES string of the molecule is Cc1nc(C)c(-c2csc(CC(=O)Cc3ccc(S(C)(=O)=O)cc3)n2)s1. The van der Waals surface area contributed by atoms with Crippen molar-refractivity contribution in [1.82, 2.24) is 9.97 Å². The Balaban J connectivity index is 1.66. The van der Waals surface area contributed by atoms with Crippen LogP contribution in [-0.4, -0.2) is 30.4 Å². The van der Waals surface area contributed by atoms with Crippen LogP contribution >= 0.6 is 22.7 Å². The van der Waals surface area contributed by atoms with Crippen LogP contribution in [0.1, 0.15) is 21.3 Å². The largest absolute Gasteiger partial charge is 0.299 e.